The number of nitrogens with one attached hydrogen (secondary N) is 4. The number of nitriles is 1. The zero-order chi connectivity index (χ0) is 28.8. The average Bonchev–Trinajstić information content (AvgIpc) is 3.37. The molecule has 12 nitrogen and oxygen atoms in total. The quantitative estimate of drug-likeness (QED) is 0.149. The number of benzene rings is 1. The zero-order valence-corrected chi connectivity index (χ0v) is 22.3. The molecule has 1 aromatic carbocycles. The number of hydrogen-bond donors (Lipinski definition) is 4. The summed E-state index contributed by atoms with van der Waals surface area (Å²) in [6.45, 7) is 7.35. The number of hydrogen-bond acceptors (Lipinski definition) is 8. The molecule has 0 unspecified atom stereocenters. The van der Waals surface area contributed by atoms with Crippen LogP contribution < -0.4 is 21.3 Å². The topological polar surface area (TPSA) is 175 Å². The standard InChI is InChI=1S/C27H34N6O6/c1-17-8-10-20(11-9-17)15-30-25(35)21(7-5-6-12-29-24(34)18(2)14-28)31-27(37)23(16-38-4)32-26(36)22-13-19(3)39-33-22/h8-11,13,21,23H,2,5-7,12,15-16H2,1,3-4H3,(H,29,34)(H,30,35)(H,31,37)(H,32,36)/t21-,23-/m0/s1. The van der Waals surface area contributed by atoms with Crippen molar-refractivity contribution in [2.24, 2.45) is 0 Å². The predicted molar refractivity (Wildman–Crippen MR) is 141 cm³/mol. The Morgan fingerprint density at radius 1 is 1.05 bits per heavy atom. The summed E-state index contributed by atoms with van der Waals surface area (Å²) in [4.78, 5) is 50.3. The van der Waals surface area contributed by atoms with Crippen LogP contribution in [0, 0.1) is 25.2 Å². The first-order chi connectivity index (χ1) is 18.6. The van der Waals surface area contributed by atoms with E-state index < -0.39 is 35.7 Å². The van der Waals surface area contributed by atoms with Crippen LogP contribution in [0.4, 0.5) is 0 Å². The minimum Gasteiger partial charge on any atom is -0.382 e. The van der Waals surface area contributed by atoms with Crippen molar-refractivity contribution in [1.29, 1.82) is 5.26 Å². The molecule has 208 valence electrons. The van der Waals surface area contributed by atoms with E-state index in [4.69, 9.17) is 14.5 Å². The van der Waals surface area contributed by atoms with Crippen LogP contribution in [0.1, 0.15) is 46.6 Å². The molecule has 12 heteroatoms. The normalized spacial score (nSPS) is 11.9. The van der Waals surface area contributed by atoms with E-state index in [1.165, 1.54) is 13.2 Å². The molecule has 0 spiro atoms. The molecule has 4 amide bonds. The summed E-state index contributed by atoms with van der Waals surface area (Å²) in [6, 6.07) is 8.77. The number of carbonyl (C=O) groups excluding carboxylic acids is 4. The molecule has 2 atom stereocenters. The Balaban J connectivity index is 2.03. The molecule has 0 saturated carbocycles. The number of rotatable bonds is 15. The van der Waals surface area contributed by atoms with Crippen LogP contribution >= 0.6 is 0 Å². The number of aromatic nitrogens is 1. The Morgan fingerprint density at radius 2 is 1.77 bits per heavy atom. The van der Waals surface area contributed by atoms with Gasteiger partial charge in [-0.1, -0.05) is 41.6 Å². The summed E-state index contributed by atoms with van der Waals surface area (Å²) >= 11 is 0. The lowest BCUT2D eigenvalue weighted by Crippen LogP contribution is -2.55. The van der Waals surface area contributed by atoms with Gasteiger partial charge in [-0.3, -0.25) is 19.2 Å². The molecular formula is C27H34N6O6. The number of nitrogens with zero attached hydrogens (tertiary/aromatic N) is 2. The number of amides is 4. The number of carbonyl (C=O) groups is 4. The van der Waals surface area contributed by atoms with Gasteiger partial charge in [0.1, 0.15) is 29.5 Å². The van der Waals surface area contributed by atoms with Gasteiger partial charge in [-0.25, -0.2) is 0 Å². The van der Waals surface area contributed by atoms with E-state index >= 15 is 0 Å². The summed E-state index contributed by atoms with van der Waals surface area (Å²) in [5.74, 6) is -1.76. The van der Waals surface area contributed by atoms with Crippen molar-refractivity contribution in [2.45, 2.75) is 51.7 Å². The van der Waals surface area contributed by atoms with E-state index in [1.54, 1.807) is 13.0 Å². The van der Waals surface area contributed by atoms with Crippen LogP contribution in [0.2, 0.25) is 0 Å². The third kappa shape index (κ3) is 10.4. The molecule has 0 saturated heterocycles. The van der Waals surface area contributed by atoms with Crippen LogP contribution in [0.3, 0.4) is 0 Å². The van der Waals surface area contributed by atoms with Gasteiger partial charge in [-0.05, 0) is 38.7 Å². The van der Waals surface area contributed by atoms with Crippen molar-refractivity contribution in [3.05, 3.63) is 65.1 Å². The van der Waals surface area contributed by atoms with Gasteiger partial charge in [-0.2, -0.15) is 5.26 Å². The lowest BCUT2D eigenvalue weighted by atomic mass is 10.1. The van der Waals surface area contributed by atoms with Gasteiger partial charge in [-0.15, -0.1) is 0 Å². The maximum absolute atomic E-state index is 13.1. The second-order valence-electron chi connectivity index (χ2n) is 8.91. The van der Waals surface area contributed by atoms with Gasteiger partial charge >= 0.3 is 0 Å². The highest BCUT2D eigenvalue weighted by atomic mass is 16.5. The predicted octanol–water partition coefficient (Wildman–Crippen LogP) is 1.20. The fraction of sp³-hybridized carbons (Fsp3) is 0.407. The largest absolute Gasteiger partial charge is 0.382 e. The van der Waals surface area contributed by atoms with Gasteiger partial charge in [0.05, 0.1) is 6.61 Å². The van der Waals surface area contributed by atoms with E-state index in [1.807, 2.05) is 31.2 Å². The molecule has 0 aliphatic carbocycles. The van der Waals surface area contributed by atoms with Crippen molar-refractivity contribution in [1.82, 2.24) is 26.4 Å². The van der Waals surface area contributed by atoms with Crippen molar-refractivity contribution >= 4 is 23.6 Å². The number of methoxy groups -OCH3 is 1. The van der Waals surface area contributed by atoms with Crippen molar-refractivity contribution in [3.8, 4) is 6.07 Å². The molecule has 2 rings (SSSR count). The Hall–Kier alpha value is -4.50. The number of unbranched alkanes of at least 4 members (excludes halogenated alkanes) is 1. The van der Waals surface area contributed by atoms with Crippen LogP contribution in [0.25, 0.3) is 0 Å². The SMILES string of the molecule is C=C(C#N)C(=O)NCCCC[C@H](NC(=O)[C@H](COC)NC(=O)c1cc(C)on1)C(=O)NCc1ccc(C)cc1. The first-order valence-corrected chi connectivity index (χ1v) is 12.4. The van der Waals surface area contributed by atoms with Crippen molar-refractivity contribution < 1.29 is 28.4 Å². The van der Waals surface area contributed by atoms with E-state index in [0.717, 1.165) is 11.1 Å². The average molecular weight is 539 g/mol. The Bertz CT molecular complexity index is 1200. The van der Waals surface area contributed by atoms with Crippen LogP contribution in [-0.2, 0) is 25.7 Å². The highest BCUT2D eigenvalue weighted by Gasteiger charge is 2.27. The fourth-order valence-electron chi connectivity index (χ4n) is 3.45. The van der Waals surface area contributed by atoms with Gasteiger partial charge < -0.3 is 30.5 Å². The number of ether oxygens (including phenoxy) is 1. The third-order valence-electron chi connectivity index (χ3n) is 5.65. The summed E-state index contributed by atoms with van der Waals surface area (Å²) in [5.41, 5.74) is 1.80. The molecule has 0 bridgehead atoms. The van der Waals surface area contributed by atoms with Gasteiger partial charge in [0.2, 0.25) is 11.8 Å². The van der Waals surface area contributed by atoms with E-state index in [-0.39, 0.29) is 37.4 Å². The van der Waals surface area contributed by atoms with E-state index in [9.17, 15) is 19.2 Å². The number of aryl methyl sites for hydroxylation is 2. The van der Waals surface area contributed by atoms with Gasteiger partial charge in [0.15, 0.2) is 5.69 Å². The second-order valence-corrected chi connectivity index (χ2v) is 8.91. The van der Waals surface area contributed by atoms with Crippen LogP contribution in [-0.4, -0.2) is 61.1 Å². The van der Waals surface area contributed by atoms with Crippen molar-refractivity contribution in [3.63, 3.8) is 0 Å². The smallest absolute Gasteiger partial charge is 0.274 e. The summed E-state index contributed by atoms with van der Waals surface area (Å²) in [5, 5.41) is 23.0. The summed E-state index contributed by atoms with van der Waals surface area (Å²) in [7, 11) is 1.38. The minimum atomic E-state index is -1.09. The lowest BCUT2D eigenvalue weighted by Gasteiger charge is -2.23. The molecule has 1 aromatic heterocycles. The second kappa shape index (κ2) is 15.7. The molecule has 4 N–H and O–H groups in total. The first-order valence-electron chi connectivity index (χ1n) is 12.4. The summed E-state index contributed by atoms with van der Waals surface area (Å²) in [6.07, 6.45) is 1.23. The van der Waals surface area contributed by atoms with E-state index in [0.29, 0.717) is 18.6 Å². The first kappa shape index (κ1) is 30.7. The lowest BCUT2D eigenvalue weighted by molar-refractivity contribution is -0.130. The molecule has 1 heterocycles. The highest BCUT2D eigenvalue weighted by Crippen LogP contribution is 2.07. The van der Waals surface area contributed by atoms with Crippen LogP contribution in [0.15, 0.2) is 47.0 Å². The molecule has 0 radical (unpaired) electrons. The molecular weight excluding hydrogens is 504 g/mol. The van der Waals surface area contributed by atoms with Crippen LogP contribution in [0.5, 0.6) is 0 Å². The van der Waals surface area contributed by atoms with Gasteiger partial charge in [0.25, 0.3) is 11.8 Å². The Morgan fingerprint density at radius 3 is 2.38 bits per heavy atom. The molecule has 0 aliphatic heterocycles. The molecule has 0 aliphatic rings. The highest BCUT2D eigenvalue weighted by molar-refractivity contribution is 5.97. The maximum Gasteiger partial charge on any atom is 0.274 e. The molecule has 2 aromatic rings. The third-order valence-corrected chi connectivity index (χ3v) is 5.65. The Labute approximate surface area is 227 Å². The summed E-state index contributed by atoms with van der Waals surface area (Å²) < 4.78 is 10.0. The van der Waals surface area contributed by atoms with E-state index in [2.05, 4.69) is 33.0 Å². The minimum absolute atomic E-state index is 0.00919. The molecule has 39 heavy (non-hydrogen) atoms. The fourth-order valence-corrected chi connectivity index (χ4v) is 3.45. The monoisotopic (exact) mass is 538 g/mol. The molecule has 0 fully saturated rings. The maximum atomic E-state index is 13.1. The Kier molecular flexibility index (Phi) is 12.4. The van der Waals surface area contributed by atoms with Crippen molar-refractivity contribution in [2.75, 3.05) is 20.3 Å². The van der Waals surface area contributed by atoms with Gasteiger partial charge in [0, 0.05) is 26.3 Å². The zero-order valence-electron chi connectivity index (χ0n) is 22.3.